The lowest BCUT2D eigenvalue weighted by Gasteiger charge is -2.36. The molecule has 0 aromatic heterocycles. The number of ether oxygens (including phenoxy) is 1. The molecule has 0 unspecified atom stereocenters. The Morgan fingerprint density at radius 2 is 1.57 bits per heavy atom. The quantitative estimate of drug-likeness (QED) is 0.664. The van der Waals surface area contributed by atoms with E-state index in [1.807, 2.05) is 13.8 Å². The number of carbonyl (C=O) groups excluding carboxylic acids is 3. The molecule has 1 fully saturated rings. The third-order valence-electron chi connectivity index (χ3n) is 6.10. The SMILES string of the molecule is CCN(CC)C(=O)c1ccc(NC(=O)COC(=O)C2CCC(C(C)(C)C)CC2)cc1. The normalized spacial score (nSPS) is 19.1. The van der Waals surface area contributed by atoms with Gasteiger partial charge in [0.25, 0.3) is 11.8 Å². The number of amides is 2. The Morgan fingerprint density at radius 3 is 2.07 bits per heavy atom. The van der Waals surface area contributed by atoms with Gasteiger partial charge in [-0.3, -0.25) is 14.4 Å². The fourth-order valence-corrected chi connectivity index (χ4v) is 4.04. The van der Waals surface area contributed by atoms with Crippen molar-refractivity contribution < 1.29 is 19.1 Å². The van der Waals surface area contributed by atoms with E-state index in [0.717, 1.165) is 25.7 Å². The summed E-state index contributed by atoms with van der Waals surface area (Å²) in [6.45, 7) is 11.6. The van der Waals surface area contributed by atoms with Crippen LogP contribution in [0.5, 0.6) is 0 Å². The molecule has 2 rings (SSSR count). The second-order valence-corrected chi connectivity index (χ2v) is 9.13. The Morgan fingerprint density at radius 1 is 1.00 bits per heavy atom. The highest BCUT2D eigenvalue weighted by Crippen LogP contribution is 2.40. The number of nitrogens with one attached hydrogen (secondary N) is 1. The lowest BCUT2D eigenvalue weighted by molar-refractivity contribution is -0.153. The molecule has 30 heavy (non-hydrogen) atoms. The molecule has 166 valence electrons. The second-order valence-electron chi connectivity index (χ2n) is 9.13. The predicted octanol–water partition coefficient (Wildman–Crippen LogP) is 4.50. The fraction of sp³-hybridized carbons (Fsp3) is 0.625. The number of carbonyl (C=O) groups is 3. The van der Waals surface area contributed by atoms with Crippen molar-refractivity contribution in [3.05, 3.63) is 29.8 Å². The van der Waals surface area contributed by atoms with Crippen LogP contribution in [0.4, 0.5) is 5.69 Å². The van der Waals surface area contributed by atoms with Gasteiger partial charge in [-0.2, -0.15) is 0 Å². The van der Waals surface area contributed by atoms with Gasteiger partial charge in [-0.15, -0.1) is 0 Å². The summed E-state index contributed by atoms with van der Waals surface area (Å²) in [5.41, 5.74) is 1.41. The van der Waals surface area contributed by atoms with Crippen molar-refractivity contribution in [2.24, 2.45) is 17.3 Å². The standard InChI is InChI=1S/C24H36N2O4/c1-6-26(7-2)22(28)17-10-14-20(15-11-17)25-21(27)16-30-23(29)18-8-12-19(13-9-18)24(3,4)5/h10-11,14-15,18-19H,6-9,12-13,16H2,1-5H3,(H,25,27). The molecule has 0 aliphatic heterocycles. The molecule has 1 aromatic carbocycles. The molecule has 1 aliphatic carbocycles. The number of benzene rings is 1. The summed E-state index contributed by atoms with van der Waals surface area (Å²) in [7, 11) is 0. The zero-order valence-electron chi connectivity index (χ0n) is 19.0. The van der Waals surface area contributed by atoms with E-state index in [-0.39, 0.29) is 35.7 Å². The molecule has 1 N–H and O–H groups in total. The average molecular weight is 417 g/mol. The predicted molar refractivity (Wildman–Crippen MR) is 118 cm³/mol. The van der Waals surface area contributed by atoms with Crippen molar-refractivity contribution in [1.82, 2.24) is 4.90 Å². The maximum Gasteiger partial charge on any atom is 0.309 e. The first-order chi connectivity index (χ1) is 14.2. The molecule has 1 saturated carbocycles. The van der Waals surface area contributed by atoms with E-state index in [9.17, 15) is 14.4 Å². The second kappa shape index (κ2) is 10.6. The maximum atomic E-state index is 12.3. The highest BCUT2D eigenvalue weighted by molar-refractivity contribution is 5.96. The summed E-state index contributed by atoms with van der Waals surface area (Å²) in [5.74, 6) is -0.177. The van der Waals surface area contributed by atoms with Gasteiger partial charge in [0.15, 0.2) is 6.61 Å². The van der Waals surface area contributed by atoms with Crippen LogP contribution >= 0.6 is 0 Å². The van der Waals surface area contributed by atoms with Crippen molar-refractivity contribution in [1.29, 1.82) is 0 Å². The van der Waals surface area contributed by atoms with Crippen molar-refractivity contribution in [2.75, 3.05) is 25.0 Å². The fourth-order valence-electron chi connectivity index (χ4n) is 4.04. The molecule has 0 bridgehead atoms. The van der Waals surface area contributed by atoms with Crippen LogP contribution in [0.3, 0.4) is 0 Å². The van der Waals surface area contributed by atoms with Gasteiger partial charge >= 0.3 is 5.97 Å². The van der Waals surface area contributed by atoms with Gasteiger partial charge in [0.1, 0.15) is 0 Å². The largest absolute Gasteiger partial charge is 0.455 e. The number of rotatable bonds is 7. The molecular weight excluding hydrogens is 380 g/mol. The smallest absolute Gasteiger partial charge is 0.309 e. The molecule has 0 atom stereocenters. The van der Waals surface area contributed by atoms with E-state index in [2.05, 4.69) is 26.1 Å². The number of esters is 1. The van der Waals surface area contributed by atoms with E-state index in [4.69, 9.17) is 4.74 Å². The molecular formula is C24H36N2O4. The average Bonchev–Trinajstić information content (AvgIpc) is 2.73. The van der Waals surface area contributed by atoms with Crippen LogP contribution in [-0.4, -0.2) is 42.4 Å². The van der Waals surface area contributed by atoms with Crippen LogP contribution in [0.25, 0.3) is 0 Å². The molecule has 0 radical (unpaired) electrons. The minimum atomic E-state index is -0.380. The minimum Gasteiger partial charge on any atom is -0.455 e. The summed E-state index contributed by atoms with van der Waals surface area (Å²) in [6, 6.07) is 6.75. The summed E-state index contributed by atoms with van der Waals surface area (Å²) in [5, 5.41) is 2.71. The summed E-state index contributed by atoms with van der Waals surface area (Å²) >= 11 is 0. The molecule has 2 amide bonds. The number of anilines is 1. The minimum absolute atomic E-state index is 0.0343. The lowest BCUT2D eigenvalue weighted by atomic mass is 9.70. The van der Waals surface area contributed by atoms with Crippen molar-refractivity contribution in [3.8, 4) is 0 Å². The van der Waals surface area contributed by atoms with E-state index in [1.165, 1.54) is 0 Å². The Bertz CT molecular complexity index is 725. The molecule has 0 saturated heterocycles. The zero-order chi connectivity index (χ0) is 22.3. The van der Waals surface area contributed by atoms with E-state index in [1.54, 1.807) is 29.2 Å². The third-order valence-corrected chi connectivity index (χ3v) is 6.10. The first-order valence-corrected chi connectivity index (χ1v) is 11.0. The van der Waals surface area contributed by atoms with E-state index < -0.39 is 0 Å². The highest BCUT2D eigenvalue weighted by atomic mass is 16.5. The zero-order valence-corrected chi connectivity index (χ0v) is 19.0. The van der Waals surface area contributed by atoms with Gasteiger partial charge in [-0.05, 0) is 75.1 Å². The van der Waals surface area contributed by atoms with Crippen LogP contribution in [0, 0.1) is 17.3 Å². The monoisotopic (exact) mass is 416 g/mol. The van der Waals surface area contributed by atoms with Crippen LogP contribution in [0.1, 0.15) is 70.7 Å². The van der Waals surface area contributed by atoms with Gasteiger partial charge in [0.2, 0.25) is 0 Å². The number of hydrogen-bond acceptors (Lipinski definition) is 4. The molecule has 0 heterocycles. The molecule has 1 aromatic rings. The Balaban J connectivity index is 1.78. The number of hydrogen-bond donors (Lipinski definition) is 1. The van der Waals surface area contributed by atoms with E-state index in [0.29, 0.717) is 30.3 Å². The number of nitrogens with zero attached hydrogens (tertiary/aromatic N) is 1. The third kappa shape index (κ3) is 6.57. The van der Waals surface area contributed by atoms with Crippen LogP contribution in [0.15, 0.2) is 24.3 Å². The molecule has 1 aliphatic rings. The highest BCUT2D eigenvalue weighted by Gasteiger charge is 2.33. The van der Waals surface area contributed by atoms with Gasteiger partial charge < -0.3 is 15.0 Å². The Kier molecular flexibility index (Phi) is 8.44. The summed E-state index contributed by atoms with van der Waals surface area (Å²) < 4.78 is 5.25. The van der Waals surface area contributed by atoms with Crippen molar-refractivity contribution in [3.63, 3.8) is 0 Å². The molecule has 6 nitrogen and oxygen atoms in total. The van der Waals surface area contributed by atoms with Gasteiger partial charge in [0, 0.05) is 24.3 Å². The Labute approximate surface area is 180 Å². The van der Waals surface area contributed by atoms with Gasteiger partial charge in [-0.25, -0.2) is 0 Å². The summed E-state index contributed by atoms with van der Waals surface area (Å²) in [6.07, 6.45) is 3.69. The topological polar surface area (TPSA) is 75.7 Å². The lowest BCUT2D eigenvalue weighted by Crippen LogP contribution is -2.31. The van der Waals surface area contributed by atoms with E-state index >= 15 is 0 Å². The van der Waals surface area contributed by atoms with Crippen molar-refractivity contribution in [2.45, 2.75) is 60.3 Å². The maximum absolute atomic E-state index is 12.3. The first-order valence-electron chi connectivity index (χ1n) is 11.0. The van der Waals surface area contributed by atoms with Crippen molar-refractivity contribution >= 4 is 23.5 Å². The summed E-state index contributed by atoms with van der Waals surface area (Å²) in [4.78, 5) is 38.5. The van der Waals surface area contributed by atoms with Crippen LogP contribution in [0.2, 0.25) is 0 Å². The van der Waals surface area contributed by atoms with Gasteiger partial charge in [-0.1, -0.05) is 20.8 Å². The molecule has 0 spiro atoms. The molecule has 6 heteroatoms. The Hall–Kier alpha value is -2.37. The first kappa shape index (κ1) is 23.9. The van der Waals surface area contributed by atoms with Gasteiger partial charge in [0.05, 0.1) is 5.92 Å². The van der Waals surface area contributed by atoms with Crippen LogP contribution < -0.4 is 5.32 Å². The van der Waals surface area contributed by atoms with Crippen LogP contribution in [-0.2, 0) is 14.3 Å².